The molecule has 2 bridgehead atoms. The zero-order valence-corrected chi connectivity index (χ0v) is 17.5. The lowest BCUT2D eigenvalue weighted by atomic mass is 10.2. The van der Waals surface area contributed by atoms with Crippen LogP contribution in [0.4, 0.5) is 13.2 Å². The van der Waals surface area contributed by atoms with Crippen LogP contribution in [0, 0.1) is 0 Å². The highest BCUT2D eigenvalue weighted by Crippen LogP contribution is 2.26. The highest BCUT2D eigenvalue weighted by atomic mass is 19.4. The molecule has 3 N–H and O–H groups in total. The van der Waals surface area contributed by atoms with E-state index in [9.17, 15) is 37.8 Å². The fourth-order valence-corrected chi connectivity index (χ4v) is 3.61. The summed E-state index contributed by atoms with van der Waals surface area (Å²) in [5.41, 5.74) is 0. The molecule has 0 spiro atoms. The number of nitrogens with zero attached hydrogens (tertiary/aromatic N) is 4. The minimum Gasteiger partial charge on any atom is -0.501 e. The Balaban J connectivity index is 2.36. The maximum absolute atomic E-state index is 13.0. The highest BCUT2D eigenvalue weighted by Gasteiger charge is 2.41. The van der Waals surface area contributed by atoms with Crippen LogP contribution >= 0.6 is 0 Å². The van der Waals surface area contributed by atoms with E-state index in [1.165, 1.54) is 4.90 Å². The van der Waals surface area contributed by atoms with Crippen LogP contribution < -0.4 is 0 Å². The summed E-state index contributed by atoms with van der Waals surface area (Å²) in [7, 11) is 0. The molecular formula is C18H28F3N4O7+. The van der Waals surface area contributed by atoms with Crippen molar-refractivity contribution in [3.63, 3.8) is 0 Å². The lowest BCUT2D eigenvalue weighted by molar-refractivity contribution is -0.897. The van der Waals surface area contributed by atoms with Crippen molar-refractivity contribution in [1.82, 2.24) is 14.7 Å². The van der Waals surface area contributed by atoms with Gasteiger partial charge in [-0.15, -0.1) is 0 Å². The van der Waals surface area contributed by atoms with Crippen LogP contribution in [0.2, 0.25) is 0 Å². The smallest absolute Gasteiger partial charge is 0.454 e. The Kier molecular flexibility index (Phi) is 8.83. The molecule has 2 saturated heterocycles. The molecule has 2 heterocycles. The number of esters is 1. The van der Waals surface area contributed by atoms with Crippen LogP contribution in [0.3, 0.4) is 0 Å². The van der Waals surface area contributed by atoms with Crippen LogP contribution in [-0.2, 0) is 19.1 Å². The Morgan fingerprint density at radius 3 is 2.03 bits per heavy atom. The van der Waals surface area contributed by atoms with Crippen molar-refractivity contribution in [2.45, 2.75) is 6.18 Å². The van der Waals surface area contributed by atoms with E-state index in [0.717, 1.165) is 0 Å². The summed E-state index contributed by atoms with van der Waals surface area (Å²) in [6.45, 7) is -0.0803. The standard InChI is InChI=1S/C18H27F3N4O7/c19-18(20,21)14(26)12-25-7-5-23(10-16(29)30)3-1-22(9-15(27)28)2-4-24(6-8-25)11-17(31)32-13-25/h12H,1-11,13H2,(H2-,26,27,28,29,30)/p+1. The predicted octanol–water partition coefficient (Wildman–Crippen LogP) is -0.632. The highest BCUT2D eigenvalue weighted by molar-refractivity contribution is 5.71. The van der Waals surface area contributed by atoms with Gasteiger partial charge in [-0.1, -0.05) is 0 Å². The average Bonchev–Trinajstić information content (AvgIpc) is 2.66. The first-order valence-corrected chi connectivity index (χ1v) is 10.00. The third-order valence-corrected chi connectivity index (χ3v) is 5.43. The fraction of sp³-hybridized carbons (Fsp3) is 0.722. The lowest BCUT2D eigenvalue weighted by Gasteiger charge is -2.40. The normalized spacial score (nSPS) is 27.5. The zero-order valence-electron chi connectivity index (χ0n) is 17.5. The molecule has 0 saturated carbocycles. The SMILES string of the molecule is O=C(O)CN1CCN(CC(=O)O)CC[N+]2(C=C(O)C(F)(F)F)CCN(CC1)CC(=O)OC2. The van der Waals surface area contributed by atoms with Crippen molar-refractivity contribution in [3.05, 3.63) is 12.0 Å². The zero-order chi connectivity index (χ0) is 23.9. The average molecular weight is 469 g/mol. The second kappa shape index (κ2) is 10.9. The molecule has 0 aromatic rings. The van der Waals surface area contributed by atoms with Gasteiger partial charge in [0.2, 0.25) is 6.73 Å². The maximum atomic E-state index is 13.0. The van der Waals surface area contributed by atoms with Gasteiger partial charge in [0, 0.05) is 39.3 Å². The second-order valence-electron chi connectivity index (χ2n) is 7.94. The number of carbonyl (C=O) groups excluding carboxylic acids is 1. The molecular weight excluding hydrogens is 441 g/mol. The number of aliphatic carboxylic acids is 2. The Hall–Kier alpha value is -2.42. The number of ether oxygens (including phenoxy) is 1. The molecule has 2 aliphatic rings. The van der Waals surface area contributed by atoms with Gasteiger partial charge in [0.15, 0.2) is 0 Å². The molecule has 2 unspecified atom stereocenters. The first-order chi connectivity index (χ1) is 14.9. The third-order valence-electron chi connectivity index (χ3n) is 5.43. The Morgan fingerprint density at radius 1 is 0.938 bits per heavy atom. The summed E-state index contributed by atoms with van der Waals surface area (Å²) >= 11 is 0. The third kappa shape index (κ3) is 8.26. The number of aliphatic hydroxyl groups is 1. The van der Waals surface area contributed by atoms with Crippen LogP contribution in [-0.4, -0.2) is 137 Å². The summed E-state index contributed by atoms with van der Waals surface area (Å²) in [4.78, 5) is 39.4. The number of allylic oxidation sites excluding steroid dienone is 1. The molecule has 0 aromatic carbocycles. The van der Waals surface area contributed by atoms with Crippen molar-refractivity contribution in [2.75, 3.05) is 78.7 Å². The number of rotatable bonds is 5. The van der Waals surface area contributed by atoms with Crippen molar-refractivity contribution in [3.8, 4) is 0 Å². The molecule has 0 radical (unpaired) electrons. The van der Waals surface area contributed by atoms with Gasteiger partial charge in [0.05, 0.1) is 32.7 Å². The van der Waals surface area contributed by atoms with E-state index in [0.29, 0.717) is 6.20 Å². The fourth-order valence-electron chi connectivity index (χ4n) is 3.61. The van der Waals surface area contributed by atoms with Crippen LogP contribution in [0.25, 0.3) is 0 Å². The van der Waals surface area contributed by atoms with Gasteiger partial charge in [0.25, 0.3) is 5.76 Å². The molecule has 0 aliphatic carbocycles. The lowest BCUT2D eigenvalue weighted by Crippen LogP contribution is -2.57. The minimum absolute atomic E-state index is 0.0202. The molecule has 2 atom stereocenters. The van der Waals surface area contributed by atoms with Crippen molar-refractivity contribution < 1.29 is 52.1 Å². The number of carboxylic acids is 2. The van der Waals surface area contributed by atoms with Gasteiger partial charge < -0.3 is 20.1 Å². The quantitative estimate of drug-likeness (QED) is 0.272. The Labute approximate surface area is 182 Å². The van der Waals surface area contributed by atoms with Gasteiger partial charge in [-0.2, -0.15) is 13.2 Å². The molecule has 2 aliphatic heterocycles. The van der Waals surface area contributed by atoms with E-state index in [1.54, 1.807) is 9.80 Å². The first kappa shape index (κ1) is 25.8. The van der Waals surface area contributed by atoms with Crippen LogP contribution in [0.1, 0.15) is 0 Å². The Morgan fingerprint density at radius 2 is 1.47 bits per heavy atom. The van der Waals surface area contributed by atoms with Crippen LogP contribution in [0.5, 0.6) is 0 Å². The number of hydrogen-bond acceptors (Lipinski definition) is 8. The number of carboxylic acid groups (broad SMARTS) is 2. The number of halogens is 3. The van der Waals surface area contributed by atoms with E-state index in [-0.39, 0.29) is 65.4 Å². The number of fused-ring (bicyclic) bond motifs is 3. The number of hydrogen-bond donors (Lipinski definition) is 3. The van der Waals surface area contributed by atoms with Gasteiger partial charge in [-0.3, -0.25) is 33.6 Å². The molecule has 14 heteroatoms. The van der Waals surface area contributed by atoms with Gasteiger partial charge in [0.1, 0.15) is 6.20 Å². The molecule has 2 fully saturated rings. The molecule has 11 nitrogen and oxygen atoms in total. The second-order valence-corrected chi connectivity index (χ2v) is 7.94. The van der Waals surface area contributed by atoms with Gasteiger partial charge in [-0.05, 0) is 0 Å². The van der Waals surface area contributed by atoms with E-state index >= 15 is 0 Å². The maximum Gasteiger partial charge on any atom is 0.454 e. The van der Waals surface area contributed by atoms with Crippen molar-refractivity contribution in [1.29, 1.82) is 0 Å². The van der Waals surface area contributed by atoms with E-state index in [4.69, 9.17) is 9.84 Å². The minimum atomic E-state index is -4.99. The summed E-state index contributed by atoms with van der Waals surface area (Å²) in [6, 6.07) is 0. The molecule has 0 aromatic heterocycles. The van der Waals surface area contributed by atoms with Crippen molar-refractivity contribution in [2.24, 2.45) is 0 Å². The summed E-state index contributed by atoms with van der Waals surface area (Å²) < 4.78 is 43.8. The van der Waals surface area contributed by atoms with Crippen molar-refractivity contribution >= 4 is 17.9 Å². The largest absolute Gasteiger partial charge is 0.501 e. The number of aliphatic hydroxyl groups excluding tert-OH is 1. The van der Waals surface area contributed by atoms with E-state index < -0.39 is 47.6 Å². The van der Waals surface area contributed by atoms with Gasteiger partial charge in [-0.25, -0.2) is 0 Å². The molecule has 32 heavy (non-hydrogen) atoms. The summed E-state index contributed by atoms with van der Waals surface area (Å²) in [5, 5.41) is 27.9. The van der Waals surface area contributed by atoms with E-state index in [2.05, 4.69) is 0 Å². The van der Waals surface area contributed by atoms with Gasteiger partial charge >= 0.3 is 24.1 Å². The molecule has 182 valence electrons. The van der Waals surface area contributed by atoms with Crippen LogP contribution in [0.15, 0.2) is 12.0 Å². The topological polar surface area (TPSA) is 131 Å². The monoisotopic (exact) mass is 469 g/mol. The van der Waals surface area contributed by atoms with E-state index in [1.807, 2.05) is 0 Å². The first-order valence-electron chi connectivity index (χ1n) is 10.00. The number of quaternary nitrogens is 1. The number of alkyl halides is 3. The number of cyclic esters (lactones) is 1. The Bertz CT molecular complexity index is 732. The number of carbonyl (C=O) groups is 3. The predicted molar refractivity (Wildman–Crippen MR) is 102 cm³/mol. The molecule has 0 amide bonds. The molecule has 2 rings (SSSR count). The summed E-state index contributed by atoms with van der Waals surface area (Å²) in [5.74, 6) is -4.67. The summed E-state index contributed by atoms with van der Waals surface area (Å²) in [6.07, 6.45) is -4.38.